The molecule has 18 heavy (non-hydrogen) atoms. The average molecular weight is 265 g/mol. The lowest BCUT2D eigenvalue weighted by molar-refractivity contribution is 0.0684. The van der Waals surface area contributed by atoms with Crippen molar-refractivity contribution in [2.45, 2.75) is 13.3 Å². The lowest BCUT2D eigenvalue weighted by Gasteiger charge is -2.01. The molecule has 4 nitrogen and oxygen atoms in total. The molecule has 2 rings (SSSR count). The Morgan fingerprint density at radius 3 is 2.50 bits per heavy atom. The Morgan fingerprint density at radius 2 is 2.00 bits per heavy atom. The van der Waals surface area contributed by atoms with E-state index in [0.717, 1.165) is 11.1 Å². The first kappa shape index (κ1) is 12.6. The highest BCUT2D eigenvalue weighted by atomic mass is 35.5. The summed E-state index contributed by atoms with van der Waals surface area (Å²) in [4.78, 5) is 11.2. The van der Waals surface area contributed by atoms with E-state index in [4.69, 9.17) is 11.6 Å². The van der Waals surface area contributed by atoms with Crippen LogP contribution in [-0.4, -0.2) is 20.9 Å². The number of aromatic nitrogens is 2. The van der Waals surface area contributed by atoms with Gasteiger partial charge in [-0.05, 0) is 18.6 Å². The van der Waals surface area contributed by atoms with Gasteiger partial charge in [-0.2, -0.15) is 5.10 Å². The molecule has 0 radical (unpaired) electrons. The van der Waals surface area contributed by atoms with Gasteiger partial charge in [-0.1, -0.05) is 30.7 Å². The van der Waals surface area contributed by atoms with Crippen LogP contribution in [0.3, 0.4) is 0 Å². The van der Waals surface area contributed by atoms with Crippen molar-refractivity contribution in [1.82, 2.24) is 9.78 Å². The van der Waals surface area contributed by atoms with Crippen molar-refractivity contribution in [3.05, 3.63) is 40.5 Å². The van der Waals surface area contributed by atoms with Crippen LogP contribution in [0.15, 0.2) is 24.3 Å². The fraction of sp³-hybridized carbons (Fsp3) is 0.231. The average Bonchev–Trinajstić information content (AvgIpc) is 2.67. The Balaban J connectivity index is 2.61. The number of aromatic carboxylic acids is 1. The summed E-state index contributed by atoms with van der Waals surface area (Å²) in [5.41, 5.74) is 2.56. The number of carbonyl (C=O) groups is 1. The highest BCUT2D eigenvalue weighted by Gasteiger charge is 2.20. The van der Waals surface area contributed by atoms with Crippen molar-refractivity contribution in [3.8, 4) is 11.3 Å². The van der Waals surface area contributed by atoms with Crippen LogP contribution in [-0.2, 0) is 13.5 Å². The number of carboxylic acid groups (broad SMARTS) is 1. The van der Waals surface area contributed by atoms with Crippen LogP contribution < -0.4 is 0 Å². The van der Waals surface area contributed by atoms with Crippen LogP contribution in [0.2, 0.25) is 5.02 Å². The van der Waals surface area contributed by atoms with Gasteiger partial charge in [0.1, 0.15) is 5.69 Å². The van der Waals surface area contributed by atoms with Gasteiger partial charge in [-0.3, -0.25) is 4.68 Å². The molecule has 0 atom stereocenters. The second-order valence-corrected chi connectivity index (χ2v) is 4.40. The standard InChI is InChI=1S/C13H13ClN2O2/c1-3-10-11(8-4-6-9(14)7-5-8)15-16(2)12(10)13(17)18/h4-7H,3H2,1-2H3,(H,17,18). The summed E-state index contributed by atoms with van der Waals surface area (Å²) >= 11 is 5.84. The fourth-order valence-corrected chi connectivity index (χ4v) is 2.14. The summed E-state index contributed by atoms with van der Waals surface area (Å²) in [7, 11) is 1.64. The zero-order chi connectivity index (χ0) is 13.3. The number of carboxylic acids is 1. The van der Waals surface area contributed by atoms with Crippen molar-refractivity contribution in [3.63, 3.8) is 0 Å². The summed E-state index contributed by atoms with van der Waals surface area (Å²) in [5, 5.41) is 14.1. The molecule has 0 fully saturated rings. The van der Waals surface area contributed by atoms with Gasteiger partial charge >= 0.3 is 5.97 Å². The summed E-state index contributed by atoms with van der Waals surface area (Å²) in [6.07, 6.45) is 0.618. The molecule has 0 aliphatic heterocycles. The minimum Gasteiger partial charge on any atom is -0.477 e. The van der Waals surface area contributed by atoms with Crippen molar-refractivity contribution >= 4 is 17.6 Å². The van der Waals surface area contributed by atoms with E-state index in [9.17, 15) is 9.90 Å². The van der Waals surface area contributed by atoms with Gasteiger partial charge in [-0.15, -0.1) is 0 Å². The van der Waals surface area contributed by atoms with Crippen LogP contribution in [0.4, 0.5) is 0 Å². The van der Waals surface area contributed by atoms with Crippen molar-refractivity contribution in [2.24, 2.45) is 7.05 Å². The maximum Gasteiger partial charge on any atom is 0.354 e. The third kappa shape index (κ3) is 2.11. The number of hydrogen-bond acceptors (Lipinski definition) is 2. The number of hydrogen-bond donors (Lipinski definition) is 1. The first-order valence-corrected chi connectivity index (χ1v) is 5.97. The first-order chi connectivity index (χ1) is 8.54. The van der Waals surface area contributed by atoms with E-state index < -0.39 is 5.97 Å². The molecular formula is C13H13ClN2O2. The third-order valence-corrected chi connectivity index (χ3v) is 3.07. The van der Waals surface area contributed by atoms with Crippen molar-refractivity contribution < 1.29 is 9.90 Å². The van der Waals surface area contributed by atoms with E-state index in [1.807, 2.05) is 19.1 Å². The molecule has 1 N–H and O–H groups in total. The molecule has 94 valence electrons. The monoisotopic (exact) mass is 264 g/mol. The lowest BCUT2D eigenvalue weighted by Crippen LogP contribution is -2.07. The molecule has 1 heterocycles. The molecule has 5 heteroatoms. The fourth-order valence-electron chi connectivity index (χ4n) is 2.01. The van der Waals surface area contributed by atoms with Crippen LogP contribution in [0.25, 0.3) is 11.3 Å². The number of halogens is 1. The maximum absolute atomic E-state index is 11.2. The van der Waals surface area contributed by atoms with Gasteiger partial charge in [0.2, 0.25) is 0 Å². The van der Waals surface area contributed by atoms with E-state index >= 15 is 0 Å². The number of benzene rings is 1. The molecule has 2 aromatic rings. The van der Waals surface area contributed by atoms with Gasteiger partial charge in [0.25, 0.3) is 0 Å². The second-order valence-electron chi connectivity index (χ2n) is 3.96. The zero-order valence-electron chi connectivity index (χ0n) is 10.1. The second kappa shape index (κ2) is 4.82. The molecule has 0 unspecified atom stereocenters. The minimum absolute atomic E-state index is 0.238. The highest BCUT2D eigenvalue weighted by molar-refractivity contribution is 6.30. The predicted octanol–water partition coefficient (Wildman–Crippen LogP) is 3.00. The Labute approximate surface area is 110 Å². The highest BCUT2D eigenvalue weighted by Crippen LogP contribution is 2.26. The number of aryl methyl sites for hydroxylation is 1. The van der Waals surface area contributed by atoms with Crippen LogP contribution in [0.5, 0.6) is 0 Å². The molecule has 0 amide bonds. The summed E-state index contributed by atoms with van der Waals surface area (Å²) < 4.78 is 1.41. The Hall–Kier alpha value is -1.81. The van der Waals surface area contributed by atoms with E-state index in [1.165, 1.54) is 4.68 Å². The Kier molecular flexibility index (Phi) is 3.39. The SMILES string of the molecule is CCc1c(-c2ccc(Cl)cc2)nn(C)c1C(=O)O. The Morgan fingerprint density at radius 1 is 1.39 bits per heavy atom. The lowest BCUT2D eigenvalue weighted by atomic mass is 10.0. The van der Waals surface area contributed by atoms with Gasteiger partial charge in [-0.25, -0.2) is 4.79 Å². The first-order valence-electron chi connectivity index (χ1n) is 5.59. The molecule has 1 aromatic heterocycles. The van der Waals surface area contributed by atoms with Gasteiger partial charge in [0.15, 0.2) is 0 Å². The molecule has 0 aliphatic carbocycles. The van der Waals surface area contributed by atoms with Gasteiger partial charge in [0.05, 0.1) is 5.69 Å². The topological polar surface area (TPSA) is 55.1 Å². The molecule has 0 saturated heterocycles. The number of nitrogens with zero attached hydrogens (tertiary/aromatic N) is 2. The van der Waals surface area contributed by atoms with Crippen molar-refractivity contribution in [1.29, 1.82) is 0 Å². The predicted molar refractivity (Wildman–Crippen MR) is 70.0 cm³/mol. The largest absolute Gasteiger partial charge is 0.477 e. The quantitative estimate of drug-likeness (QED) is 0.927. The zero-order valence-corrected chi connectivity index (χ0v) is 10.9. The van der Waals surface area contributed by atoms with E-state index in [0.29, 0.717) is 17.1 Å². The summed E-state index contributed by atoms with van der Waals surface area (Å²) in [5.74, 6) is -0.956. The molecule has 1 aromatic carbocycles. The van der Waals surface area contributed by atoms with E-state index in [1.54, 1.807) is 19.2 Å². The third-order valence-electron chi connectivity index (χ3n) is 2.82. The van der Waals surface area contributed by atoms with Crippen LogP contribution >= 0.6 is 11.6 Å². The van der Waals surface area contributed by atoms with Crippen LogP contribution in [0, 0.1) is 0 Å². The smallest absolute Gasteiger partial charge is 0.354 e. The minimum atomic E-state index is -0.956. The van der Waals surface area contributed by atoms with Gasteiger partial charge in [0, 0.05) is 23.2 Å². The normalized spacial score (nSPS) is 10.6. The molecular weight excluding hydrogens is 252 g/mol. The van der Waals surface area contributed by atoms with Crippen LogP contribution in [0.1, 0.15) is 23.0 Å². The summed E-state index contributed by atoms with van der Waals surface area (Å²) in [6.45, 7) is 1.92. The van der Waals surface area contributed by atoms with E-state index in [2.05, 4.69) is 5.10 Å². The molecule has 0 aliphatic rings. The van der Waals surface area contributed by atoms with E-state index in [-0.39, 0.29) is 5.69 Å². The molecule has 0 bridgehead atoms. The number of rotatable bonds is 3. The molecule has 0 spiro atoms. The van der Waals surface area contributed by atoms with Gasteiger partial charge < -0.3 is 5.11 Å². The van der Waals surface area contributed by atoms with Crippen molar-refractivity contribution in [2.75, 3.05) is 0 Å². The Bertz CT molecular complexity index is 588. The summed E-state index contributed by atoms with van der Waals surface area (Å²) in [6, 6.07) is 7.22. The maximum atomic E-state index is 11.2. The molecule has 0 saturated carbocycles.